The molecule has 8 aromatic rings. The third kappa shape index (κ3) is 32.8. The number of methoxy groups -OCH3 is 1. The van der Waals surface area contributed by atoms with E-state index in [0.717, 1.165) is 73.6 Å². The summed E-state index contributed by atoms with van der Waals surface area (Å²) in [6, 6.07) is 50.5. The maximum atomic E-state index is 11.0. The molecule has 8 rings (SSSR count). The number of hydrogen-bond donors (Lipinski definition) is 0. The van der Waals surface area contributed by atoms with Crippen molar-refractivity contribution in [1.29, 1.82) is 5.26 Å². The van der Waals surface area contributed by atoms with Gasteiger partial charge in [-0.2, -0.15) is 5.10 Å². The van der Waals surface area contributed by atoms with E-state index in [1.807, 2.05) is 133 Å². The SMILES string of the molecule is C#N.CC(=O)OCc1ccc(Br)cc1.CC=[N-].CC=[N-].CC=[N-].COc1ccccc1Cn1nnnc1-c1ccccc1-c1ccc(COC(C)=O)cc1.Cc1ccccc1Cn1nnnc1-c1[c-]cccc1.F[P-](F)(F)(F)(F)F.[CH3-].[Ru+5]. The van der Waals surface area contributed by atoms with Crippen molar-refractivity contribution in [1.82, 2.24) is 40.4 Å². The first-order chi connectivity index (χ1) is 37.9. The molecule has 0 aliphatic rings. The summed E-state index contributed by atoms with van der Waals surface area (Å²) in [4.78, 5) is 21.5. The summed E-state index contributed by atoms with van der Waals surface area (Å²) in [6.45, 7) is 14.8. The van der Waals surface area contributed by atoms with E-state index < -0.39 is 7.81 Å². The molecule has 0 fully saturated rings. The van der Waals surface area contributed by atoms with Gasteiger partial charge in [0.2, 0.25) is 0 Å². The number of nitriles is 1. The number of para-hydroxylation sites is 1. The van der Waals surface area contributed by atoms with Crippen molar-refractivity contribution in [2.24, 2.45) is 0 Å². The molecule has 6 aromatic carbocycles. The molecule has 2 aromatic heterocycles. The molecule has 2 heterocycles. The normalized spacial score (nSPS) is 10.3. The van der Waals surface area contributed by atoms with Gasteiger partial charge in [0.05, 0.1) is 26.0 Å². The van der Waals surface area contributed by atoms with E-state index in [1.54, 1.807) is 37.2 Å². The van der Waals surface area contributed by atoms with Gasteiger partial charge in [0.15, 0.2) is 5.82 Å². The molecule has 17 nitrogen and oxygen atoms in total. The van der Waals surface area contributed by atoms with Crippen molar-refractivity contribution in [2.45, 2.75) is 67.8 Å². The van der Waals surface area contributed by atoms with Crippen molar-refractivity contribution >= 4 is 54.3 Å². The van der Waals surface area contributed by atoms with Crippen LogP contribution in [-0.2, 0) is 64.8 Å². The van der Waals surface area contributed by atoms with Crippen molar-refractivity contribution in [2.75, 3.05) is 7.11 Å². The third-order valence-electron chi connectivity index (χ3n) is 9.34. The van der Waals surface area contributed by atoms with Crippen LogP contribution in [0.1, 0.15) is 62.4 Å². The summed E-state index contributed by atoms with van der Waals surface area (Å²) < 4.78 is 79.1. The summed E-state index contributed by atoms with van der Waals surface area (Å²) in [7, 11) is -9.00. The molecule has 0 atom stereocenters. The van der Waals surface area contributed by atoms with Gasteiger partial charge in [-0.05, 0) is 74.1 Å². The molecule has 0 aliphatic carbocycles. The van der Waals surface area contributed by atoms with Crippen LogP contribution in [0.2, 0.25) is 0 Å². The second-order valence-corrected chi connectivity index (χ2v) is 18.3. The van der Waals surface area contributed by atoms with E-state index in [-0.39, 0.29) is 45.5 Å². The number of esters is 2. The van der Waals surface area contributed by atoms with Gasteiger partial charge in [0, 0.05) is 36.0 Å². The molecule has 437 valence electrons. The van der Waals surface area contributed by atoms with Gasteiger partial charge >= 0.3 is 64.4 Å². The first-order valence-electron chi connectivity index (χ1n) is 23.3. The molecule has 0 saturated carbocycles. The number of aryl methyl sites for hydroxylation is 1. The van der Waals surface area contributed by atoms with E-state index >= 15 is 0 Å². The number of rotatable bonds is 12. The Hall–Kier alpha value is -8.19. The Morgan fingerprint density at radius 3 is 1.50 bits per heavy atom. The largest absolute Gasteiger partial charge is 5.00 e. The molecule has 0 spiro atoms. The average molecular weight is 1310 g/mol. The number of nitrogens with zero attached hydrogens (tertiary/aromatic N) is 12. The van der Waals surface area contributed by atoms with Crippen molar-refractivity contribution in [3.63, 3.8) is 0 Å². The fourth-order valence-corrected chi connectivity index (χ4v) is 6.41. The summed E-state index contributed by atoms with van der Waals surface area (Å²) in [5, 5.41) is 53.2. The summed E-state index contributed by atoms with van der Waals surface area (Å²) >= 11 is 3.32. The van der Waals surface area contributed by atoms with Crippen LogP contribution in [0.5, 0.6) is 5.75 Å². The Balaban J connectivity index is 0. The zero-order chi connectivity index (χ0) is 60.2. The van der Waals surface area contributed by atoms with E-state index in [0.29, 0.717) is 25.5 Å². The van der Waals surface area contributed by atoms with Gasteiger partial charge in [-0.3, -0.25) is 14.3 Å². The molecule has 0 unspecified atom stereocenters. The maximum absolute atomic E-state index is 11.0. The summed E-state index contributed by atoms with van der Waals surface area (Å²) in [5.74, 6) is 1.66. The third-order valence-corrected chi connectivity index (χ3v) is 9.87. The minimum atomic E-state index is -10.7. The molecule has 0 N–H and O–H groups in total. The van der Waals surface area contributed by atoms with Crippen molar-refractivity contribution in [3.05, 3.63) is 208 Å². The average Bonchev–Trinajstić information content (AvgIpc) is 4.10. The van der Waals surface area contributed by atoms with E-state index in [1.165, 1.54) is 25.0 Å². The summed E-state index contributed by atoms with van der Waals surface area (Å²) in [5.41, 5.74) is 9.23. The Morgan fingerprint density at radius 2 is 1.04 bits per heavy atom. The molecule has 26 heteroatoms. The van der Waals surface area contributed by atoms with Crippen LogP contribution in [0.15, 0.2) is 150 Å². The van der Waals surface area contributed by atoms with Crippen LogP contribution in [0.4, 0.5) is 25.2 Å². The monoisotopic (exact) mass is 1310 g/mol. The Bertz CT molecular complexity index is 3130. The number of halogens is 7. The van der Waals surface area contributed by atoms with Crippen LogP contribution in [0, 0.1) is 32.3 Å². The van der Waals surface area contributed by atoms with Gasteiger partial charge in [0.25, 0.3) is 0 Å². The van der Waals surface area contributed by atoms with E-state index in [9.17, 15) is 34.8 Å². The fourth-order valence-electron chi connectivity index (χ4n) is 6.15. The number of hydrogen-bond acceptors (Lipinski definition) is 12. The summed E-state index contributed by atoms with van der Waals surface area (Å²) in [6.07, 6.45) is 3.00. The van der Waals surface area contributed by atoms with Crippen molar-refractivity contribution < 1.29 is 68.5 Å². The predicted octanol–water partition coefficient (Wildman–Crippen LogP) is 15.0. The Morgan fingerprint density at radius 1 is 0.634 bits per heavy atom. The smallest absolute Gasteiger partial charge is 0.358 e. The van der Waals surface area contributed by atoms with E-state index in [4.69, 9.17) is 35.7 Å². The van der Waals surface area contributed by atoms with Crippen LogP contribution >= 0.6 is 23.7 Å². The number of carbonyl (C=O) groups is 2. The van der Waals surface area contributed by atoms with Gasteiger partial charge < -0.3 is 37.9 Å². The number of benzene rings is 6. The van der Waals surface area contributed by atoms with Gasteiger partial charge in [-0.25, -0.2) is 28.6 Å². The van der Waals surface area contributed by atoms with Gasteiger partial charge in [-0.1, -0.05) is 145 Å². The first kappa shape index (κ1) is 75.9. The fraction of sp³-hybridized carbons (Fsp3) is 0.196. The molecule has 82 heavy (non-hydrogen) atoms. The molecule has 0 aliphatic heterocycles. The minimum absolute atomic E-state index is 0. The standard InChI is InChI=1S/C24H22N4O3.C15H13N4.C9H9BrO2.3C2H4N.CHN.CH3.F6P.Ru/c1-17(29)31-16-18-11-13-19(14-12-18)21-8-4-5-9-22(21)24-25-26-27-28(24)15-20-7-3-6-10-23(20)30-2;1-12-7-5-6-10-14(12)11-19-15(16-17-18-19)13-8-3-2-4-9-13;1-7(11)12-6-8-2-4-9(10)5-3-8;3*1-2-3;1-2;;1-7(2,3,4,5)6;/h3-14H,15-16H2,1-2H3;2-8,10H,11H2,1H3;2-5H,6H2,1H3;3*2H,1H3;1H;1H3;;/q;-1;;3*-1;;2*-1;+5. The Kier molecular flexibility index (Phi) is 35.6. The van der Waals surface area contributed by atoms with Gasteiger partial charge in [0.1, 0.15) is 19.0 Å². The maximum Gasteiger partial charge on any atom is 5.00 e. The molecule has 0 amide bonds. The number of tetrazole rings is 2. The van der Waals surface area contributed by atoms with Crippen molar-refractivity contribution in [3.8, 4) is 46.2 Å². The number of ether oxygens (including phenoxy) is 3. The van der Waals surface area contributed by atoms with Crippen LogP contribution in [0.3, 0.4) is 0 Å². The molecule has 0 saturated heterocycles. The zero-order valence-electron chi connectivity index (χ0n) is 45.8. The van der Waals surface area contributed by atoms with Gasteiger partial charge in [-0.15, -0.1) is 41.0 Å². The second kappa shape index (κ2) is 38.5. The van der Waals surface area contributed by atoms with Crippen LogP contribution < -0.4 is 4.74 Å². The second-order valence-electron chi connectivity index (χ2n) is 15.5. The quantitative estimate of drug-likeness (QED) is 0.0277. The first-order valence-corrected chi connectivity index (χ1v) is 26.1. The van der Waals surface area contributed by atoms with Crippen LogP contribution in [0.25, 0.3) is 50.1 Å². The molecular formula is C56H60BrF6N12O5PRu-. The van der Waals surface area contributed by atoms with Crippen LogP contribution in [-0.4, -0.2) is 78.1 Å². The Labute approximate surface area is 494 Å². The zero-order valence-corrected chi connectivity index (χ0v) is 50.1. The van der Waals surface area contributed by atoms with E-state index in [2.05, 4.69) is 78.7 Å². The topological polar surface area (TPSA) is 240 Å². The number of aromatic nitrogens is 8. The predicted molar refractivity (Wildman–Crippen MR) is 310 cm³/mol. The minimum Gasteiger partial charge on any atom is -0.358 e. The molecule has 0 bridgehead atoms. The molecule has 1 radical (unpaired) electrons. The number of carbonyl (C=O) groups excluding carboxylic acids is 2. The molecular weight excluding hydrogens is 1250 g/mol.